The first-order valence-electron chi connectivity index (χ1n) is 8.69. The number of amides is 1. The van der Waals surface area contributed by atoms with Crippen molar-refractivity contribution in [1.82, 2.24) is 19.6 Å². The Balaban J connectivity index is 0.00000243. The Morgan fingerprint density at radius 2 is 2.19 bits per heavy atom. The van der Waals surface area contributed by atoms with Gasteiger partial charge in [0, 0.05) is 36.5 Å². The zero-order valence-corrected chi connectivity index (χ0v) is 17.3. The van der Waals surface area contributed by atoms with Gasteiger partial charge in [-0.2, -0.15) is 0 Å². The maximum absolute atomic E-state index is 12.4. The minimum Gasteiger partial charge on any atom is -0.342 e. The number of thiazole rings is 1. The minimum atomic E-state index is -0.0593. The van der Waals surface area contributed by atoms with Gasteiger partial charge in [0.05, 0.1) is 11.4 Å². The number of halogens is 1. The maximum Gasteiger partial charge on any atom is 0.258 e. The zero-order chi connectivity index (χ0) is 17.6. The fraction of sp³-hybridized carbons (Fsp3) is 0.588. The number of hydrogen-bond donors (Lipinski definition) is 1. The molecule has 1 N–H and O–H groups in total. The van der Waals surface area contributed by atoms with Crippen molar-refractivity contribution in [2.45, 2.75) is 25.5 Å². The number of nitrogens with zero attached hydrogens (tertiary/aromatic N) is 3. The van der Waals surface area contributed by atoms with Crippen LogP contribution in [0.4, 0.5) is 0 Å². The molecule has 0 bridgehead atoms. The molecule has 1 amide bonds. The van der Waals surface area contributed by atoms with Crippen molar-refractivity contribution in [3.8, 4) is 0 Å². The van der Waals surface area contributed by atoms with Crippen molar-refractivity contribution in [2.75, 3.05) is 31.9 Å². The van der Waals surface area contributed by atoms with Gasteiger partial charge >= 0.3 is 0 Å². The highest BCUT2D eigenvalue weighted by Gasteiger charge is 2.22. The molecule has 26 heavy (non-hydrogen) atoms. The zero-order valence-electron chi connectivity index (χ0n) is 14.8. The van der Waals surface area contributed by atoms with Gasteiger partial charge in [-0.25, -0.2) is 4.98 Å². The number of nitrogens with one attached hydrogen (secondary N) is 1. The van der Waals surface area contributed by atoms with Gasteiger partial charge < -0.3 is 10.2 Å². The molecular weight excluding hydrogens is 392 g/mol. The van der Waals surface area contributed by atoms with Gasteiger partial charge in [-0.15, -0.1) is 35.5 Å². The van der Waals surface area contributed by atoms with Gasteiger partial charge in [0.25, 0.3) is 5.56 Å². The summed E-state index contributed by atoms with van der Waals surface area (Å²) in [7, 11) is 0. The molecule has 9 heteroatoms. The smallest absolute Gasteiger partial charge is 0.258 e. The number of likely N-dealkylation sites (tertiary alicyclic amines) is 1. The molecule has 1 aliphatic rings. The van der Waals surface area contributed by atoms with E-state index in [1.165, 1.54) is 23.1 Å². The van der Waals surface area contributed by atoms with Gasteiger partial charge in [0.15, 0.2) is 4.96 Å². The van der Waals surface area contributed by atoms with Crippen LogP contribution in [0.2, 0.25) is 0 Å². The van der Waals surface area contributed by atoms with E-state index >= 15 is 0 Å². The molecule has 1 fully saturated rings. The summed E-state index contributed by atoms with van der Waals surface area (Å²) in [4.78, 5) is 31.5. The lowest BCUT2D eigenvalue weighted by atomic mass is 9.97. The molecule has 0 aromatic carbocycles. The summed E-state index contributed by atoms with van der Waals surface area (Å²) in [6.07, 6.45) is 3.89. The van der Waals surface area contributed by atoms with Crippen molar-refractivity contribution in [3.05, 3.63) is 33.7 Å². The van der Waals surface area contributed by atoms with Crippen LogP contribution in [0.1, 0.15) is 25.5 Å². The fourth-order valence-electron chi connectivity index (χ4n) is 3.03. The summed E-state index contributed by atoms with van der Waals surface area (Å²) >= 11 is 2.98. The van der Waals surface area contributed by atoms with Crippen LogP contribution in [0.3, 0.4) is 0 Å². The van der Waals surface area contributed by atoms with E-state index in [2.05, 4.69) is 17.2 Å². The SMILES string of the molecule is CCNCC1CCN(C(=O)CSCc2cc(=O)n3ccsc3n2)CC1.Cl. The number of thioether (sulfide) groups is 1. The van der Waals surface area contributed by atoms with E-state index in [1.807, 2.05) is 10.3 Å². The lowest BCUT2D eigenvalue weighted by molar-refractivity contribution is -0.129. The largest absolute Gasteiger partial charge is 0.342 e. The third-order valence-corrected chi connectivity index (χ3v) is 6.19. The maximum atomic E-state index is 12.4. The molecule has 0 aliphatic carbocycles. The number of piperidine rings is 1. The van der Waals surface area contributed by atoms with E-state index in [0.717, 1.165) is 44.7 Å². The van der Waals surface area contributed by atoms with Crippen molar-refractivity contribution >= 4 is 46.4 Å². The molecule has 3 heterocycles. The topological polar surface area (TPSA) is 66.7 Å². The standard InChI is InChI=1S/C17H24N4O2S2.ClH/c1-2-18-10-13-3-5-20(6-4-13)16(23)12-24-11-14-9-15(22)21-7-8-25-17(21)19-14;/h7-9,13,18H,2-6,10-12H2,1H3;1H. The van der Waals surface area contributed by atoms with Gasteiger partial charge in [0.2, 0.25) is 5.91 Å². The third-order valence-electron chi connectivity index (χ3n) is 4.48. The molecule has 6 nitrogen and oxygen atoms in total. The van der Waals surface area contributed by atoms with E-state index in [0.29, 0.717) is 22.4 Å². The first-order valence-corrected chi connectivity index (χ1v) is 10.7. The second-order valence-electron chi connectivity index (χ2n) is 6.27. The highest BCUT2D eigenvalue weighted by Crippen LogP contribution is 2.18. The monoisotopic (exact) mass is 416 g/mol. The second kappa shape index (κ2) is 10.3. The van der Waals surface area contributed by atoms with Crippen LogP contribution >= 0.6 is 35.5 Å². The third kappa shape index (κ3) is 5.45. The molecule has 1 aliphatic heterocycles. The van der Waals surface area contributed by atoms with Gasteiger partial charge in [0.1, 0.15) is 0 Å². The van der Waals surface area contributed by atoms with Crippen LogP contribution in [0.5, 0.6) is 0 Å². The molecule has 0 spiro atoms. The quantitative estimate of drug-likeness (QED) is 0.749. The second-order valence-corrected chi connectivity index (χ2v) is 8.12. The summed E-state index contributed by atoms with van der Waals surface area (Å²) in [5.74, 6) is 1.92. The Bertz CT molecular complexity index is 771. The normalized spacial score (nSPS) is 15.2. The van der Waals surface area contributed by atoms with E-state index in [-0.39, 0.29) is 23.9 Å². The highest BCUT2D eigenvalue weighted by molar-refractivity contribution is 7.99. The first-order chi connectivity index (χ1) is 12.2. The molecule has 0 atom stereocenters. The van der Waals surface area contributed by atoms with E-state index in [1.54, 1.807) is 16.7 Å². The average Bonchev–Trinajstić information content (AvgIpc) is 3.09. The molecule has 1 saturated heterocycles. The van der Waals surface area contributed by atoms with Gasteiger partial charge in [-0.1, -0.05) is 6.92 Å². The van der Waals surface area contributed by atoms with Crippen LogP contribution in [-0.2, 0) is 10.5 Å². The minimum absolute atomic E-state index is 0. The number of hydrogen-bond acceptors (Lipinski definition) is 6. The number of fused-ring (bicyclic) bond motifs is 1. The van der Waals surface area contributed by atoms with Crippen LogP contribution in [-0.4, -0.2) is 52.1 Å². The van der Waals surface area contributed by atoms with Crippen molar-refractivity contribution < 1.29 is 4.79 Å². The Morgan fingerprint density at radius 1 is 1.42 bits per heavy atom. The molecule has 0 saturated carbocycles. The first kappa shape index (κ1) is 21.2. The highest BCUT2D eigenvalue weighted by atomic mass is 35.5. The number of aromatic nitrogens is 2. The number of carbonyl (C=O) groups excluding carboxylic acids is 1. The summed E-state index contributed by atoms with van der Waals surface area (Å²) in [6.45, 7) is 5.90. The predicted molar refractivity (Wildman–Crippen MR) is 111 cm³/mol. The summed E-state index contributed by atoms with van der Waals surface area (Å²) in [5.41, 5.74) is 0.686. The van der Waals surface area contributed by atoms with E-state index in [9.17, 15) is 9.59 Å². The van der Waals surface area contributed by atoms with Crippen molar-refractivity contribution in [3.63, 3.8) is 0 Å². The average molecular weight is 417 g/mol. The molecular formula is C17H25ClN4O2S2. The number of carbonyl (C=O) groups is 1. The van der Waals surface area contributed by atoms with Crippen LogP contribution in [0.15, 0.2) is 22.4 Å². The molecule has 144 valence electrons. The summed E-state index contributed by atoms with van der Waals surface area (Å²) < 4.78 is 1.54. The Kier molecular flexibility index (Phi) is 8.40. The van der Waals surface area contributed by atoms with Crippen molar-refractivity contribution in [1.29, 1.82) is 0 Å². The Labute approximate surface area is 167 Å². The van der Waals surface area contributed by atoms with Crippen LogP contribution < -0.4 is 10.9 Å². The van der Waals surface area contributed by atoms with E-state index < -0.39 is 0 Å². The molecule has 0 radical (unpaired) electrons. The number of rotatable bonds is 7. The predicted octanol–water partition coefficient (Wildman–Crippen LogP) is 2.26. The molecule has 3 rings (SSSR count). The van der Waals surface area contributed by atoms with Gasteiger partial charge in [-0.05, 0) is 31.8 Å². The molecule has 0 unspecified atom stereocenters. The fourth-order valence-corrected chi connectivity index (χ4v) is 4.59. The lowest BCUT2D eigenvalue weighted by Gasteiger charge is -2.32. The molecule has 2 aromatic heterocycles. The Morgan fingerprint density at radius 3 is 2.92 bits per heavy atom. The van der Waals surface area contributed by atoms with Crippen LogP contribution in [0.25, 0.3) is 4.96 Å². The molecule has 2 aromatic rings. The Hall–Kier alpha value is -1.09. The summed E-state index contributed by atoms with van der Waals surface area (Å²) in [5, 5.41) is 5.24. The van der Waals surface area contributed by atoms with Crippen LogP contribution in [0, 0.1) is 5.92 Å². The van der Waals surface area contributed by atoms with Gasteiger partial charge in [-0.3, -0.25) is 14.0 Å². The van der Waals surface area contributed by atoms with E-state index in [4.69, 9.17) is 0 Å². The lowest BCUT2D eigenvalue weighted by Crippen LogP contribution is -2.41. The summed E-state index contributed by atoms with van der Waals surface area (Å²) in [6, 6.07) is 1.56. The van der Waals surface area contributed by atoms with Crippen molar-refractivity contribution in [2.24, 2.45) is 5.92 Å².